The standard InChI is InChI=1S/C10H10ClN2OPS/c1-14-15(10-12-7-9(11)13-10)16-8-5-3-2-4-6-8/h2-7H,1H3,(H,12,13). The molecule has 0 bridgehead atoms. The minimum absolute atomic E-state index is 0.535. The third-order valence-corrected chi connectivity index (χ3v) is 5.64. The maximum Gasteiger partial charge on any atom is 0.169 e. The van der Waals surface area contributed by atoms with Gasteiger partial charge in [0.1, 0.15) is 5.15 Å². The number of hydrogen-bond donors (Lipinski definition) is 1. The molecule has 0 amide bonds. The Kier molecular flexibility index (Phi) is 4.24. The normalized spacial score (nSPS) is 12.6. The van der Waals surface area contributed by atoms with E-state index in [1.807, 2.05) is 30.3 Å². The first-order chi connectivity index (χ1) is 7.79. The largest absolute Gasteiger partial charge is 0.344 e. The third-order valence-electron chi connectivity index (χ3n) is 1.80. The Hall–Kier alpha value is -0.540. The summed E-state index contributed by atoms with van der Waals surface area (Å²) < 4.78 is 5.43. The Bertz CT molecular complexity index is 451. The van der Waals surface area contributed by atoms with E-state index in [4.69, 9.17) is 16.1 Å². The quantitative estimate of drug-likeness (QED) is 0.867. The number of hydrogen-bond acceptors (Lipinski definition) is 3. The summed E-state index contributed by atoms with van der Waals surface area (Å²) >= 11 is 7.44. The molecule has 0 aliphatic carbocycles. The zero-order valence-electron chi connectivity index (χ0n) is 8.55. The van der Waals surface area contributed by atoms with Crippen LogP contribution in [0.15, 0.2) is 41.4 Å². The fourth-order valence-electron chi connectivity index (χ4n) is 1.13. The highest BCUT2D eigenvalue weighted by Gasteiger charge is 2.16. The van der Waals surface area contributed by atoms with Crippen LogP contribution in [0.25, 0.3) is 0 Å². The number of rotatable bonds is 4. The summed E-state index contributed by atoms with van der Waals surface area (Å²) in [5.41, 5.74) is 0.788. The van der Waals surface area contributed by atoms with Crippen molar-refractivity contribution < 1.29 is 4.52 Å². The second-order valence-corrected chi connectivity index (χ2v) is 6.81. The molecule has 0 saturated heterocycles. The molecule has 1 unspecified atom stereocenters. The van der Waals surface area contributed by atoms with Crippen molar-refractivity contribution in [3.8, 4) is 0 Å². The molecule has 0 aliphatic heterocycles. The smallest absolute Gasteiger partial charge is 0.169 e. The molecule has 0 radical (unpaired) electrons. The van der Waals surface area contributed by atoms with Crippen molar-refractivity contribution >= 4 is 35.9 Å². The Morgan fingerprint density at radius 3 is 2.69 bits per heavy atom. The monoisotopic (exact) mass is 272 g/mol. The van der Waals surface area contributed by atoms with Crippen LogP contribution in [0.4, 0.5) is 0 Å². The average molecular weight is 273 g/mol. The van der Waals surface area contributed by atoms with Gasteiger partial charge in [0.05, 0.1) is 6.20 Å². The molecule has 0 spiro atoms. The van der Waals surface area contributed by atoms with Gasteiger partial charge in [0.15, 0.2) is 12.9 Å². The summed E-state index contributed by atoms with van der Waals surface area (Å²) in [6, 6.07) is 10.1. The molecule has 1 heterocycles. The second kappa shape index (κ2) is 5.69. The first-order valence-corrected chi connectivity index (χ1v) is 7.63. The molecule has 2 aromatic rings. The molecule has 1 aromatic heterocycles. The zero-order chi connectivity index (χ0) is 11.4. The second-order valence-electron chi connectivity index (χ2n) is 2.90. The highest BCUT2D eigenvalue weighted by molar-refractivity contribution is 8.56. The van der Waals surface area contributed by atoms with E-state index in [-0.39, 0.29) is 0 Å². The minimum Gasteiger partial charge on any atom is -0.344 e. The lowest BCUT2D eigenvalue weighted by Gasteiger charge is -2.10. The number of halogens is 1. The highest BCUT2D eigenvalue weighted by atomic mass is 35.5. The molecule has 1 aromatic carbocycles. The van der Waals surface area contributed by atoms with Crippen molar-refractivity contribution in [3.05, 3.63) is 41.7 Å². The van der Waals surface area contributed by atoms with Crippen LogP contribution in [0, 0.1) is 0 Å². The van der Waals surface area contributed by atoms with Gasteiger partial charge in [-0.1, -0.05) is 41.2 Å². The molecule has 0 aliphatic rings. The van der Waals surface area contributed by atoms with E-state index in [2.05, 4.69) is 9.97 Å². The Morgan fingerprint density at radius 1 is 1.38 bits per heavy atom. The van der Waals surface area contributed by atoms with Crippen molar-refractivity contribution in [2.24, 2.45) is 0 Å². The van der Waals surface area contributed by atoms with Crippen molar-refractivity contribution in [2.75, 3.05) is 7.11 Å². The summed E-state index contributed by atoms with van der Waals surface area (Å²) in [7, 11) is 0.835. The van der Waals surface area contributed by atoms with Gasteiger partial charge < -0.3 is 9.51 Å². The molecule has 84 valence electrons. The van der Waals surface area contributed by atoms with Gasteiger partial charge in [-0.05, 0) is 12.1 Å². The number of H-pyrrole nitrogens is 1. The summed E-state index contributed by atoms with van der Waals surface area (Å²) in [4.78, 5) is 8.32. The fraction of sp³-hybridized carbons (Fsp3) is 0.100. The van der Waals surface area contributed by atoms with Crippen LogP contribution in [0.5, 0.6) is 0 Å². The van der Waals surface area contributed by atoms with Crippen LogP contribution in [0.3, 0.4) is 0 Å². The predicted molar refractivity (Wildman–Crippen MR) is 69.5 cm³/mol. The molecule has 16 heavy (non-hydrogen) atoms. The molecule has 1 atom stereocenters. The van der Waals surface area contributed by atoms with Crippen LogP contribution in [-0.4, -0.2) is 17.1 Å². The van der Waals surface area contributed by atoms with Crippen molar-refractivity contribution in [1.82, 2.24) is 9.97 Å². The minimum atomic E-state index is -0.843. The maximum atomic E-state index is 5.79. The van der Waals surface area contributed by atoms with Crippen LogP contribution < -0.4 is 5.57 Å². The maximum absolute atomic E-state index is 5.79. The molecule has 2 rings (SSSR count). The van der Waals surface area contributed by atoms with E-state index < -0.39 is 7.35 Å². The summed E-state index contributed by atoms with van der Waals surface area (Å²) in [5, 5.41) is 0.535. The lowest BCUT2D eigenvalue weighted by atomic mass is 10.4. The first kappa shape index (κ1) is 11.9. The lowest BCUT2D eigenvalue weighted by Crippen LogP contribution is -2.04. The average Bonchev–Trinajstić information content (AvgIpc) is 2.74. The topological polar surface area (TPSA) is 37.9 Å². The SMILES string of the molecule is COP(Sc1ccccc1)c1ncc(Cl)[nH]1. The first-order valence-electron chi connectivity index (χ1n) is 4.57. The van der Waals surface area contributed by atoms with E-state index in [1.165, 1.54) is 0 Å². The summed E-state index contributed by atoms with van der Waals surface area (Å²) in [5.74, 6) is 0. The third kappa shape index (κ3) is 2.98. The Balaban J connectivity index is 2.12. The molecule has 1 N–H and O–H groups in total. The number of imidazole rings is 1. The number of nitrogens with one attached hydrogen (secondary N) is 1. The molecular weight excluding hydrogens is 263 g/mol. The predicted octanol–water partition coefficient (Wildman–Crippen LogP) is 3.44. The van der Waals surface area contributed by atoms with Gasteiger partial charge in [-0.2, -0.15) is 0 Å². The van der Waals surface area contributed by atoms with Crippen LogP contribution in [-0.2, 0) is 4.52 Å². The number of aromatic amines is 1. The molecule has 0 saturated carbocycles. The number of benzene rings is 1. The Labute approximate surface area is 104 Å². The number of nitrogens with zero attached hydrogens (tertiary/aromatic N) is 1. The van der Waals surface area contributed by atoms with Crippen molar-refractivity contribution in [1.29, 1.82) is 0 Å². The molecule has 6 heteroatoms. The van der Waals surface area contributed by atoms with E-state index in [0.29, 0.717) is 5.15 Å². The van der Waals surface area contributed by atoms with E-state index >= 15 is 0 Å². The number of aromatic nitrogens is 2. The Morgan fingerprint density at radius 2 is 2.12 bits per heavy atom. The van der Waals surface area contributed by atoms with Crippen molar-refractivity contribution in [2.45, 2.75) is 4.90 Å². The van der Waals surface area contributed by atoms with Crippen molar-refractivity contribution in [3.63, 3.8) is 0 Å². The van der Waals surface area contributed by atoms with Gasteiger partial charge >= 0.3 is 0 Å². The highest BCUT2D eigenvalue weighted by Crippen LogP contribution is 2.52. The van der Waals surface area contributed by atoms with E-state index in [0.717, 1.165) is 10.5 Å². The van der Waals surface area contributed by atoms with Gasteiger partial charge in [0.2, 0.25) is 0 Å². The summed E-state index contributed by atoms with van der Waals surface area (Å²) in [6.45, 7) is 0. The van der Waals surface area contributed by atoms with Crippen LogP contribution in [0.1, 0.15) is 0 Å². The fourth-order valence-corrected chi connectivity index (χ4v) is 4.20. The van der Waals surface area contributed by atoms with Crippen LogP contribution >= 0.6 is 30.3 Å². The van der Waals surface area contributed by atoms with Gasteiger partial charge in [0, 0.05) is 12.0 Å². The van der Waals surface area contributed by atoms with Gasteiger partial charge in [-0.15, -0.1) is 0 Å². The van der Waals surface area contributed by atoms with E-state index in [1.54, 1.807) is 24.7 Å². The summed E-state index contributed by atoms with van der Waals surface area (Å²) in [6.07, 6.45) is 1.59. The van der Waals surface area contributed by atoms with E-state index in [9.17, 15) is 0 Å². The molecule has 0 fully saturated rings. The zero-order valence-corrected chi connectivity index (χ0v) is 11.0. The van der Waals surface area contributed by atoms with Gasteiger partial charge in [-0.3, -0.25) is 0 Å². The molecule has 3 nitrogen and oxygen atoms in total. The lowest BCUT2D eigenvalue weighted by molar-refractivity contribution is 0.477. The molecular formula is C10H10ClN2OPS. The van der Waals surface area contributed by atoms with Gasteiger partial charge in [-0.25, -0.2) is 4.98 Å². The van der Waals surface area contributed by atoms with Gasteiger partial charge in [0.25, 0.3) is 0 Å². The van der Waals surface area contributed by atoms with Crippen LogP contribution in [0.2, 0.25) is 5.15 Å².